The molecule has 2 rings (SSSR count). The molecule has 0 saturated heterocycles. The largest absolute Gasteiger partial charge is 0.460 e. The number of ether oxygens (including phenoxy) is 1. The Morgan fingerprint density at radius 1 is 1.08 bits per heavy atom. The maximum absolute atomic E-state index is 12.9. The Morgan fingerprint density at radius 2 is 1.65 bits per heavy atom. The van der Waals surface area contributed by atoms with E-state index < -0.39 is 17.6 Å². The van der Waals surface area contributed by atoms with E-state index in [1.165, 1.54) is 0 Å². The fourth-order valence-corrected chi connectivity index (χ4v) is 4.33. The van der Waals surface area contributed by atoms with Crippen LogP contribution >= 0.6 is 27.7 Å². The summed E-state index contributed by atoms with van der Waals surface area (Å²) in [4.78, 5) is 13.9. The second kappa shape index (κ2) is 9.07. The van der Waals surface area contributed by atoms with Gasteiger partial charge >= 0.3 is 5.97 Å². The number of benzene rings is 2. The zero-order chi connectivity index (χ0) is 19.3. The maximum Gasteiger partial charge on any atom is 0.313 e. The van der Waals surface area contributed by atoms with E-state index in [0.717, 1.165) is 9.37 Å². The molecule has 0 unspecified atom stereocenters. The van der Waals surface area contributed by atoms with Crippen molar-refractivity contribution in [1.29, 1.82) is 0 Å². The Kier molecular flexibility index (Phi) is 7.33. The zero-order valence-corrected chi connectivity index (χ0v) is 17.9. The molecule has 0 saturated carbocycles. The van der Waals surface area contributed by atoms with Crippen LogP contribution in [0.15, 0.2) is 64.0 Å². The lowest BCUT2D eigenvalue weighted by molar-refractivity contribution is -0.164. The fraction of sp³-hybridized carbons (Fsp3) is 0.381. The molecule has 0 radical (unpaired) electrons. The van der Waals surface area contributed by atoms with Gasteiger partial charge in [-0.3, -0.25) is 4.79 Å². The van der Waals surface area contributed by atoms with Crippen molar-refractivity contribution in [1.82, 2.24) is 0 Å². The van der Waals surface area contributed by atoms with Crippen molar-refractivity contribution in [3.05, 3.63) is 64.6 Å². The van der Waals surface area contributed by atoms with Gasteiger partial charge in [0.1, 0.15) is 5.60 Å². The van der Waals surface area contributed by atoms with Crippen LogP contribution < -0.4 is 0 Å². The van der Waals surface area contributed by atoms with E-state index in [9.17, 15) is 9.90 Å². The van der Waals surface area contributed by atoms with Crippen LogP contribution in [0.3, 0.4) is 0 Å². The highest BCUT2D eigenvalue weighted by atomic mass is 79.9. The Labute approximate surface area is 168 Å². The lowest BCUT2D eigenvalue weighted by Crippen LogP contribution is -2.36. The third-order valence-electron chi connectivity index (χ3n) is 3.82. The minimum Gasteiger partial charge on any atom is -0.460 e. The highest BCUT2D eigenvalue weighted by Gasteiger charge is 2.37. The molecule has 0 heterocycles. The number of carbonyl (C=O) groups is 1. The molecule has 2 aromatic carbocycles. The van der Waals surface area contributed by atoms with E-state index in [-0.39, 0.29) is 11.2 Å². The number of halogens is 1. The average molecular weight is 437 g/mol. The van der Waals surface area contributed by atoms with Crippen molar-refractivity contribution in [2.24, 2.45) is 5.92 Å². The van der Waals surface area contributed by atoms with Gasteiger partial charge in [0.05, 0.1) is 12.0 Å². The number of aliphatic hydroxyl groups excluding tert-OH is 1. The monoisotopic (exact) mass is 436 g/mol. The number of carbonyl (C=O) groups excluding carboxylic acids is 1. The maximum atomic E-state index is 12.9. The highest BCUT2D eigenvalue weighted by molar-refractivity contribution is 9.10. The van der Waals surface area contributed by atoms with Gasteiger partial charge in [0.2, 0.25) is 0 Å². The van der Waals surface area contributed by atoms with Gasteiger partial charge in [0, 0.05) is 14.6 Å². The lowest BCUT2D eigenvalue weighted by Gasteiger charge is -2.30. The normalized spacial score (nSPS) is 15.2. The molecule has 0 aliphatic heterocycles. The summed E-state index contributed by atoms with van der Waals surface area (Å²) in [6.07, 6.45) is -0.934. The van der Waals surface area contributed by atoms with E-state index in [1.54, 1.807) is 11.8 Å². The summed E-state index contributed by atoms with van der Waals surface area (Å²) in [6, 6.07) is 17.1. The molecule has 0 fully saturated rings. The zero-order valence-electron chi connectivity index (χ0n) is 15.5. The van der Waals surface area contributed by atoms with Crippen LogP contribution in [0.5, 0.6) is 0 Å². The Balaban J connectivity index is 2.30. The van der Waals surface area contributed by atoms with Gasteiger partial charge in [0.25, 0.3) is 0 Å². The summed E-state index contributed by atoms with van der Waals surface area (Å²) in [6.45, 7) is 7.46. The van der Waals surface area contributed by atoms with Crippen molar-refractivity contribution in [2.45, 2.75) is 49.5 Å². The molecule has 0 spiro atoms. The molecule has 2 aromatic rings. The molecule has 26 heavy (non-hydrogen) atoms. The van der Waals surface area contributed by atoms with E-state index in [2.05, 4.69) is 15.9 Å². The summed E-state index contributed by atoms with van der Waals surface area (Å²) in [5.41, 5.74) is 0.103. The topological polar surface area (TPSA) is 46.5 Å². The van der Waals surface area contributed by atoms with E-state index in [4.69, 9.17) is 4.74 Å². The number of rotatable bonds is 6. The number of hydrogen-bond acceptors (Lipinski definition) is 4. The quantitative estimate of drug-likeness (QED) is 0.471. The predicted octanol–water partition coefficient (Wildman–Crippen LogP) is 5.62. The lowest BCUT2D eigenvalue weighted by atomic mass is 9.93. The van der Waals surface area contributed by atoms with Gasteiger partial charge in [-0.05, 0) is 54.4 Å². The van der Waals surface area contributed by atoms with Crippen LogP contribution in [-0.2, 0) is 9.53 Å². The molecule has 3 atom stereocenters. The van der Waals surface area contributed by atoms with Crippen molar-refractivity contribution >= 4 is 33.7 Å². The third kappa shape index (κ3) is 5.86. The minimum absolute atomic E-state index is 0.182. The first kappa shape index (κ1) is 21.0. The van der Waals surface area contributed by atoms with Gasteiger partial charge < -0.3 is 9.84 Å². The number of aliphatic hydroxyl groups is 1. The number of thioether (sulfide) groups is 1. The van der Waals surface area contributed by atoms with Crippen LogP contribution in [-0.4, -0.2) is 21.9 Å². The Bertz CT molecular complexity index is 728. The van der Waals surface area contributed by atoms with Gasteiger partial charge in [-0.1, -0.05) is 49.4 Å². The third-order valence-corrected chi connectivity index (χ3v) is 6.04. The average Bonchev–Trinajstić information content (AvgIpc) is 2.56. The molecule has 3 nitrogen and oxygen atoms in total. The molecule has 0 bridgehead atoms. The van der Waals surface area contributed by atoms with Crippen LogP contribution in [0.25, 0.3) is 0 Å². The number of hydrogen-bond donors (Lipinski definition) is 1. The summed E-state index contributed by atoms with van der Waals surface area (Å²) in [7, 11) is 0. The predicted molar refractivity (Wildman–Crippen MR) is 110 cm³/mol. The van der Waals surface area contributed by atoms with Gasteiger partial charge in [-0.25, -0.2) is 0 Å². The SMILES string of the molecule is C[C@@H](Sc1ccccc1Br)[C@H](C(=O)OC(C)(C)C)[C@@H](O)c1ccccc1. The van der Waals surface area contributed by atoms with Gasteiger partial charge in [-0.15, -0.1) is 11.8 Å². The first-order valence-electron chi connectivity index (χ1n) is 8.56. The molecule has 0 aliphatic rings. The van der Waals surface area contributed by atoms with Gasteiger partial charge in [0.15, 0.2) is 0 Å². The van der Waals surface area contributed by atoms with Crippen LogP contribution in [0, 0.1) is 5.92 Å². The standard InChI is InChI=1S/C21H25BrO3S/c1-14(26-17-13-9-8-12-16(17)22)18(20(24)25-21(2,3)4)19(23)15-10-6-5-7-11-15/h5-14,18-19,23H,1-4H3/t14-,18+,19+/m1/s1. The molecule has 1 N–H and O–H groups in total. The summed E-state index contributed by atoms with van der Waals surface area (Å²) in [5.74, 6) is -1.07. The molecular weight excluding hydrogens is 412 g/mol. The van der Waals surface area contributed by atoms with E-state index in [0.29, 0.717) is 5.56 Å². The minimum atomic E-state index is -0.934. The van der Waals surface area contributed by atoms with Crippen LogP contribution in [0.4, 0.5) is 0 Å². The van der Waals surface area contributed by atoms with Crippen LogP contribution in [0.2, 0.25) is 0 Å². The molecule has 0 aromatic heterocycles. The Hall–Kier alpha value is -1.30. The van der Waals surface area contributed by atoms with Crippen molar-refractivity contribution in [3.8, 4) is 0 Å². The van der Waals surface area contributed by atoms with Crippen molar-refractivity contribution in [2.75, 3.05) is 0 Å². The first-order chi connectivity index (χ1) is 12.2. The van der Waals surface area contributed by atoms with Crippen molar-refractivity contribution < 1.29 is 14.6 Å². The molecule has 140 valence electrons. The summed E-state index contributed by atoms with van der Waals surface area (Å²) in [5, 5.41) is 10.8. The van der Waals surface area contributed by atoms with Gasteiger partial charge in [-0.2, -0.15) is 0 Å². The second-order valence-corrected chi connectivity index (χ2v) is 9.44. The summed E-state index contributed by atoms with van der Waals surface area (Å²) >= 11 is 5.09. The molecule has 0 amide bonds. The Morgan fingerprint density at radius 3 is 2.23 bits per heavy atom. The number of esters is 1. The molecule has 5 heteroatoms. The highest BCUT2D eigenvalue weighted by Crippen LogP contribution is 2.38. The summed E-state index contributed by atoms with van der Waals surface area (Å²) < 4.78 is 6.57. The van der Waals surface area contributed by atoms with Crippen LogP contribution in [0.1, 0.15) is 39.4 Å². The second-order valence-electron chi connectivity index (χ2n) is 7.17. The first-order valence-corrected chi connectivity index (χ1v) is 10.2. The molecular formula is C21H25BrO3S. The van der Waals surface area contributed by atoms with Crippen molar-refractivity contribution in [3.63, 3.8) is 0 Å². The van der Waals surface area contributed by atoms with E-state index >= 15 is 0 Å². The molecule has 0 aliphatic carbocycles. The fourth-order valence-electron chi connectivity index (χ4n) is 2.62. The van der Waals surface area contributed by atoms with E-state index in [1.807, 2.05) is 82.3 Å². The smallest absolute Gasteiger partial charge is 0.313 e.